The van der Waals surface area contributed by atoms with Crippen LogP contribution in [0, 0.1) is 0 Å². The largest absolute Gasteiger partial charge is 0.507 e. The first-order valence-electron chi connectivity index (χ1n) is 9.33. The normalized spacial score (nSPS) is 17.3. The maximum absolute atomic E-state index is 13.3. The first-order chi connectivity index (χ1) is 13.4. The van der Waals surface area contributed by atoms with Crippen molar-refractivity contribution in [1.82, 2.24) is 4.73 Å². The molecule has 0 radical (unpaired) electrons. The van der Waals surface area contributed by atoms with Gasteiger partial charge in [0.05, 0.1) is 47.4 Å². The zero-order valence-corrected chi connectivity index (χ0v) is 17.1. The maximum Gasteiger partial charge on any atom is 0.198 e. The number of aliphatic imine (C=N–C) groups is 2. The lowest BCUT2D eigenvalue weighted by atomic mass is 9.86. The summed E-state index contributed by atoms with van der Waals surface area (Å²) in [4.78, 5) is 22.4. The van der Waals surface area contributed by atoms with E-state index in [1.807, 2.05) is 27.7 Å². The van der Waals surface area contributed by atoms with Gasteiger partial charge in [0.1, 0.15) is 5.75 Å². The highest BCUT2D eigenvalue weighted by Crippen LogP contribution is 2.36. The fraction of sp³-hybridized carbons (Fsp3) is 0.381. The number of allylic oxidation sites excluding steroid dienone is 2. The molecule has 29 heavy (non-hydrogen) atoms. The molecule has 0 unspecified atom stereocenters. The number of phenolic OH excluding ortho intramolecular Hbond substituents is 1. The van der Waals surface area contributed by atoms with Crippen LogP contribution in [-0.2, 0) is 0 Å². The number of aromatic nitrogens is 1. The SMILES string of the molecule is CC(C)(N)CN=C1C=CC(=NCC(C)(C)N)c2c1c(O)c1ccn(O)cc-1c2=O. The summed E-state index contributed by atoms with van der Waals surface area (Å²) < 4.78 is 0.778. The summed E-state index contributed by atoms with van der Waals surface area (Å²) in [7, 11) is 0. The van der Waals surface area contributed by atoms with E-state index in [-0.39, 0.29) is 22.3 Å². The minimum Gasteiger partial charge on any atom is -0.507 e. The molecule has 0 amide bonds. The Labute approximate surface area is 169 Å². The Balaban J connectivity index is 2.32. The van der Waals surface area contributed by atoms with Crippen LogP contribution in [0.15, 0.2) is 45.4 Å². The average molecular weight is 397 g/mol. The average Bonchev–Trinajstić information content (AvgIpc) is 2.61. The number of hydrogen-bond donors (Lipinski definition) is 4. The molecule has 1 aliphatic heterocycles. The zero-order chi connectivity index (χ0) is 21.6. The van der Waals surface area contributed by atoms with Crippen LogP contribution in [0.2, 0.25) is 0 Å². The second kappa shape index (κ2) is 7.13. The zero-order valence-electron chi connectivity index (χ0n) is 17.1. The van der Waals surface area contributed by atoms with Crippen LogP contribution in [0.25, 0.3) is 11.1 Å². The third-order valence-electron chi connectivity index (χ3n) is 4.38. The quantitative estimate of drug-likeness (QED) is 0.579. The summed E-state index contributed by atoms with van der Waals surface area (Å²) >= 11 is 0. The fourth-order valence-electron chi connectivity index (χ4n) is 3.03. The Morgan fingerprint density at radius 1 is 0.966 bits per heavy atom. The van der Waals surface area contributed by atoms with Crippen LogP contribution in [0.4, 0.5) is 0 Å². The van der Waals surface area contributed by atoms with Crippen molar-refractivity contribution in [3.05, 3.63) is 52.0 Å². The van der Waals surface area contributed by atoms with Gasteiger partial charge in [-0.2, -0.15) is 0 Å². The van der Waals surface area contributed by atoms with Crippen LogP contribution in [0.3, 0.4) is 0 Å². The summed E-state index contributed by atoms with van der Waals surface area (Å²) in [5.74, 6) is -0.0900. The number of hydrogen-bond acceptors (Lipinski definition) is 7. The van der Waals surface area contributed by atoms with Crippen molar-refractivity contribution >= 4 is 11.4 Å². The standard InChI is InChI=1S/C21H27N5O3/c1-20(2,22)10-24-14-5-6-15(25-11-21(3,4)23)17-16(14)18(27)12-7-8-26(29)9-13(12)19(17)28/h5-9,27,29H,10-11,22-23H2,1-4H3. The summed E-state index contributed by atoms with van der Waals surface area (Å²) in [6.07, 6.45) is 6.02. The molecule has 0 bridgehead atoms. The van der Waals surface area contributed by atoms with Crippen molar-refractivity contribution in [3.8, 4) is 16.9 Å². The molecule has 0 saturated heterocycles. The van der Waals surface area contributed by atoms with E-state index in [0.29, 0.717) is 35.6 Å². The van der Waals surface area contributed by atoms with Gasteiger partial charge in [0.15, 0.2) is 5.43 Å². The van der Waals surface area contributed by atoms with Gasteiger partial charge < -0.3 is 21.8 Å². The van der Waals surface area contributed by atoms with E-state index < -0.39 is 11.1 Å². The molecular formula is C21H27N5O3. The van der Waals surface area contributed by atoms with Crippen LogP contribution in [0.5, 0.6) is 5.75 Å². The fourth-order valence-corrected chi connectivity index (χ4v) is 3.03. The molecule has 0 saturated carbocycles. The second-order valence-electron chi connectivity index (χ2n) is 8.79. The molecule has 0 aromatic rings. The van der Waals surface area contributed by atoms with Gasteiger partial charge in [-0.25, -0.2) is 4.73 Å². The lowest BCUT2D eigenvalue weighted by Gasteiger charge is -2.23. The summed E-state index contributed by atoms with van der Waals surface area (Å²) in [6.45, 7) is 7.98. The van der Waals surface area contributed by atoms with Crippen molar-refractivity contribution < 1.29 is 10.3 Å². The number of nitrogens with two attached hydrogens (primary N) is 2. The Morgan fingerprint density at radius 3 is 2.00 bits per heavy atom. The molecule has 2 aliphatic carbocycles. The minimum atomic E-state index is -0.561. The van der Waals surface area contributed by atoms with E-state index in [9.17, 15) is 15.1 Å². The molecule has 0 fully saturated rings. The molecule has 1 heterocycles. The highest BCUT2D eigenvalue weighted by Gasteiger charge is 2.29. The number of aromatic hydroxyl groups is 1. The third-order valence-corrected chi connectivity index (χ3v) is 4.38. The molecule has 8 nitrogen and oxygen atoms in total. The Kier molecular flexibility index (Phi) is 5.10. The predicted molar refractivity (Wildman–Crippen MR) is 115 cm³/mol. The highest BCUT2D eigenvalue weighted by atomic mass is 16.5. The summed E-state index contributed by atoms with van der Waals surface area (Å²) in [6, 6.07) is 1.48. The third kappa shape index (κ3) is 4.38. The molecule has 0 aromatic heterocycles. The Hall–Kier alpha value is -2.97. The van der Waals surface area contributed by atoms with Crippen molar-refractivity contribution in [2.45, 2.75) is 38.8 Å². The number of rotatable bonds is 4. The molecule has 3 rings (SSSR count). The topological polar surface area (TPSA) is 139 Å². The van der Waals surface area contributed by atoms with Gasteiger partial charge in [0.2, 0.25) is 0 Å². The smallest absolute Gasteiger partial charge is 0.198 e. The second-order valence-corrected chi connectivity index (χ2v) is 8.79. The molecule has 3 aliphatic rings. The molecule has 0 spiro atoms. The number of phenols is 1. The number of pyridine rings is 1. The lowest BCUT2D eigenvalue weighted by molar-refractivity contribution is 0.184. The van der Waals surface area contributed by atoms with Crippen LogP contribution in [-0.4, -0.2) is 50.6 Å². The first-order valence-corrected chi connectivity index (χ1v) is 9.33. The van der Waals surface area contributed by atoms with Gasteiger partial charge in [-0.3, -0.25) is 14.8 Å². The van der Waals surface area contributed by atoms with Crippen molar-refractivity contribution in [2.24, 2.45) is 21.5 Å². The van der Waals surface area contributed by atoms with E-state index in [4.69, 9.17) is 11.5 Å². The molecule has 6 N–H and O–H groups in total. The van der Waals surface area contributed by atoms with Gasteiger partial charge in [0.25, 0.3) is 0 Å². The Morgan fingerprint density at radius 2 is 1.48 bits per heavy atom. The van der Waals surface area contributed by atoms with E-state index in [2.05, 4.69) is 9.98 Å². The van der Waals surface area contributed by atoms with Gasteiger partial charge in [-0.05, 0) is 45.9 Å². The molecule has 0 atom stereocenters. The Bertz CT molecular complexity index is 1070. The maximum atomic E-state index is 13.3. The van der Waals surface area contributed by atoms with Crippen LogP contribution in [0.1, 0.15) is 38.8 Å². The number of benzene rings is 1. The monoisotopic (exact) mass is 397 g/mol. The number of nitrogens with zero attached hydrogens (tertiary/aromatic N) is 3. The van der Waals surface area contributed by atoms with Crippen LogP contribution < -0.4 is 16.9 Å². The van der Waals surface area contributed by atoms with Gasteiger partial charge in [-0.15, -0.1) is 0 Å². The van der Waals surface area contributed by atoms with E-state index in [1.165, 1.54) is 18.5 Å². The molecule has 0 aromatic carbocycles. The lowest BCUT2D eigenvalue weighted by Crippen LogP contribution is -2.37. The molecule has 154 valence electrons. The predicted octanol–water partition coefficient (Wildman–Crippen LogP) is 1.52. The summed E-state index contributed by atoms with van der Waals surface area (Å²) in [5.41, 5.74) is 12.6. The first kappa shape index (κ1) is 20.8. The van der Waals surface area contributed by atoms with Crippen LogP contribution >= 0.6 is 0 Å². The van der Waals surface area contributed by atoms with Crippen molar-refractivity contribution in [3.63, 3.8) is 0 Å². The van der Waals surface area contributed by atoms with E-state index in [0.717, 1.165) is 4.73 Å². The van der Waals surface area contributed by atoms with Gasteiger partial charge >= 0.3 is 0 Å². The number of fused-ring (bicyclic) bond motifs is 2. The molecule has 8 heteroatoms. The van der Waals surface area contributed by atoms with Crippen molar-refractivity contribution in [2.75, 3.05) is 13.1 Å². The van der Waals surface area contributed by atoms with Gasteiger partial charge in [-0.1, -0.05) is 0 Å². The van der Waals surface area contributed by atoms with Crippen molar-refractivity contribution in [1.29, 1.82) is 0 Å². The minimum absolute atomic E-state index is 0.0900. The van der Waals surface area contributed by atoms with Gasteiger partial charge in [0, 0.05) is 22.8 Å². The van der Waals surface area contributed by atoms with E-state index >= 15 is 0 Å². The highest BCUT2D eigenvalue weighted by molar-refractivity contribution is 6.27. The molecular weight excluding hydrogens is 370 g/mol. The van der Waals surface area contributed by atoms with E-state index in [1.54, 1.807) is 12.2 Å². The summed E-state index contributed by atoms with van der Waals surface area (Å²) in [5, 5.41) is 20.8.